The van der Waals surface area contributed by atoms with Crippen LogP contribution in [0.15, 0.2) is 41.6 Å². The van der Waals surface area contributed by atoms with E-state index in [-0.39, 0.29) is 10.8 Å². The zero-order valence-corrected chi connectivity index (χ0v) is 14.8. The van der Waals surface area contributed by atoms with E-state index in [4.69, 9.17) is 5.73 Å². The molecule has 0 bridgehead atoms. The molecule has 0 atom stereocenters. The number of sulfonamides is 1. The summed E-state index contributed by atoms with van der Waals surface area (Å²) in [6, 6.07) is 6.92. The molecular weight excluding hydrogens is 340 g/mol. The van der Waals surface area contributed by atoms with Gasteiger partial charge >= 0.3 is 0 Å². The van der Waals surface area contributed by atoms with Crippen LogP contribution in [0.5, 0.6) is 0 Å². The van der Waals surface area contributed by atoms with Crippen molar-refractivity contribution in [1.29, 1.82) is 0 Å². The SMILES string of the molecule is NCCC(=O)N1CCCN(S(=O)(=O)c2cccc3cnccc23)CC1. The van der Waals surface area contributed by atoms with E-state index in [0.717, 1.165) is 5.39 Å². The third-order valence-electron chi connectivity index (χ3n) is 4.42. The van der Waals surface area contributed by atoms with Crippen LogP contribution in [0.25, 0.3) is 10.8 Å². The van der Waals surface area contributed by atoms with E-state index in [0.29, 0.717) is 51.0 Å². The standard InChI is InChI=1S/C17H22N4O3S/c18-7-5-17(22)20-9-2-10-21(12-11-20)25(23,24)16-4-1-3-14-13-19-8-6-15(14)16/h1,3-4,6,8,13H,2,5,7,9-12,18H2. The first-order valence-electron chi connectivity index (χ1n) is 8.35. The summed E-state index contributed by atoms with van der Waals surface area (Å²) in [6.07, 6.45) is 4.16. The number of amides is 1. The minimum atomic E-state index is -3.63. The normalized spacial score (nSPS) is 16.8. The van der Waals surface area contributed by atoms with Gasteiger partial charge in [0.15, 0.2) is 0 Å². The van der Waals surface area contributed by atoms with Gasteiger partial charge in [0, 0.05) is 62.3 Å². The fraction of sp³-hybridized carbons (Fsp3) is 0.412. The summed E-state index contributed by atoms with van der Waals surface area (Å²) in [5.74, 6) is -0.0158. The number of carbonyl (C=O) groups excluding carboxylic acids is 1. The second-order valence-corrected chi connectivity index (χ2v) is 7.94. The van der Waals surface area contributed by atoms with Crippen molar-refractivity contribution in [2.45, 2.75) is 17.7 Å². The van der Waals surface area contributed by atoms with Gasteiger partial charge in [0.1, 0.15) is 0 Å². The van der Waals surface area contributed by atoms with Crippen molar-refractivity contribution in [1.82, 2.24) is 14.2 Å². The molecule has 1 aromatic heterocycles. The Morgan fingerprint density at radius 1 is 1.16 bits per heavy atom. The van der Waals surface area contributed by atoms with Crippen LogP contribution in [0.1, 0.15) is 12.8 Å². The van der Waals surface area contributed by atoms with Crippen LogP contribution in [0.3, 0.4) is 0 Å². The van der Waals surface area contributed by atoms with Crippen LogP contribution in [-0.4, -0.2) is 61.2 Å². The summed E-state index contributed by atoms with van der Waals surface area (Å²) in [4.78, 5) is 18.1. The van der Waals surface area contributed by atoms with Crippen LogP contribution in [0.2, 0.25) is 0 Å². The molecular formula is C17H22N4O3S. The van der Waals surface area contributed by atoms with Crippen molar-refractivity contribution in [3.63, 3.8) is 0 Å². The fourth-order valence-electron chi connectivity index (χ4n) is 3.12. The Labute approximate surface area is 147 Å². The van der Waals surface area contributed by atoms with Gasteiger partial charge in [-0.15, -0.1) is 0 Å². The molecule has 1 aromatic carbocycles. The molecule has 1 amide bonds. The number of carbonyl (C=O) groups is 1. The minimum Gasteiger partial charge on any atom is -0.341 e. The van der Waals surface area contributed by atoms with Gasteiger partial charge < -0.3 is 10.6 Å². The van der Waals surface area contributed by atoms with Crippen LogP contribution in [0, 0.1) is 0 Å². The average Bonchev–Trinajstić information content (AvgIpc) is 2.88. The van der Waals surface area contributed by atoms with Gasteiger partial charge in [0.05, 0.1) is 4.90 Å². The summed E-state index contributed by atoms with van der Waals surface area (Å²) in [7, 11) is -3.63. The van der Waals surface area contributed by atoms with Gasteiger partial charge in [-0.25, -0.2) is 8.42 Å². The molecule has 25 heavy (non-hydrogen) atoms. The molecule has 1 saturated heterocycles. The van der Waals surface area contributed by atoms with Crippen LogP contribution >= 0.6 is 0 Å². The van der Waals surface area contributed by atoms with Crippen LogP contribution in [-0.2, 0) is 14.8 Å². The van der Waals surface area contributed by atoms with Gasteiger partial charge in [-0.05, 0) is 18.6 Å². The minimum absolute atomic E-state index is 0.0158. The van der Waals surface area contributed by atoms with Crippen LogP contribution in [0.4, 0.5) is 0 Å². The Balaban J connectivity index is 1.86. The highest BCUT2D eigenvalue weighted by Gasteiger charge is 2.29. The maximum absolute atomic E-state index is 13.1. The average molecular weight is 362 g/mol. The molecule has 1 aliphatic rings. The van der Waals surface area contributed by atoms with E-state index >= 15 is 0 Å². The fourth-order valence-corrected chi connectivity index (χ4v) is 4.81. The monoisotopic (exact) mass is 362 g/mol. The number of rotatable bonds is 4. The van der Waals surface area contributed by atoms with Crippen molar-refractivity contribution in [2.24, 2.45) is 5.73 Å². The number of hydrogen-bond acceptors (Lipinski definition) is 5. The third-order valence-corrected chi connectivity index (χ3v) is 6.38. The number of benzene rings is 1. The highest BCUT2D eigenvalue weighted by Crippen LogP contribution is 2.25. The molecule has 0 unspecified atom stereocenters. The van der Waals surface area contributed by atoms with Crippen molar-refractivity contribution in [2.75, 3.05) is 32.7 Å². The largest absolute Gasteiger partial charge is 0.341 e. The van der Waals surface area contributed by atoms with Crippen molar-refractivity contribution >= 4 is 26.7 Å². The molecule has 0 aliphatic carbocycles. The first-order valence-corrected chi connectivity index (χ1v) is 9.79. The Hall–Kier alpha value is -2.03. The zero-order valence-electron chi connectivity index (χ0n) is 14.0. The smallest absolute Gasteiger partial charge is 0.243 e. The van der Waals surface area contributed by atoms with E-state index < -0.39 is 10.0 Å². The van der Waals surface area contributed by atoms with E-state index in [1.807, 2.05) is 6.07 Å². The van der Waals surface area contributed by atoms with Gasteiger partial charge in [0.2, 0.25) is 15.9 Å². The molecule has 1 aliphatic heterocycles. The molecule has 134 valence electrons. The van der Waals surface area contributed by atoms with Gasteiger partial charge in [-0.2, -0.15) is 4.31 Å². The number of hydrogen-bond donors (Lipinski definition) is 1. The van der Waals surface area contributed by atoms with E-state index in [9.17, 15) is 13.2 Å². The second-order valence-electron chi connectivity index (χ2n) is 6.03. The zero-order chi connectivity index (χ0) is 17.9. The summed E-state index contributed by atoms with van der Waals surface area (Å²) in [6.45, 7) is 1.95. The first kappa shape index (κ1) is 17.8. The maximum Gasteiger partial charge on any atom is 0.243 e. The lowest BCUT2D eigenvalue weighted by Gasteiger charge is -2.22. The Morgan fingerprint density at radius 3 is 2.80 bits per heavy atom. The predicted octanol–water partition coefficient (Wildman–Crippen LogP) is 0.807. The third kappa shape index (κ3) is 3.65. The molecule has 1 fully saturated rings. The highest BCUT2D eigenvalue weighted by atomic mass is 32.2. The quantitative estimate of drug-likeness (QED) is 0.868. The van der Waals surface area contributed by atoms with Gasteiger partial charge in [0.25, 0.3) is 0 Å². The topological polar surface area (TPSA) is 96.6 Å². The number of pyridine rings is 1. The molecule has 3 rings (SSSR count). The summed E-state index contributed by atoms with van der Waals surface area (Å²) < 4.78 is 27.7. The number of fused-ring (bicyclic) bond motifs is 1. The van der Waals surface area contributed by atoms with E-state index in [1.165, 1.54) is 4.31 Å². The Morgan fingerprint density at radius 2 is 2.00 bits per heavy atom. The van der Waals surface area contributed by atoms with Crippen molar-refractivity contribution < 1.29 is 13.2 Å². The van der Waals surface area contributed by atoms with Crippen molar-refractivity contribution in [3.8, 4) is 0 Å². The van der Waals surface area contributed by atoms with E-state index in [2.05, 4.69) is 4.98 Å². The lowest BCUT2D eigenvalue weighted by molar-refractivity contribution is -0.130. The molecule has 8 heteroatoms. The predicted molar refractivity (Wildman–Crippen MR) is 95.4 cm³/mol. The van der Waals surface area contributed by atoms with Crippen molar-refractivity contribution in [3.05, 3.63) is 36.7 Å². The maximum atomic E-state index is 13.1. The van der Waals surface area contributed by atoms with Gasteiger partial charge in [-0.3, -0.25) is 9.78 Å². The lowest BCUT2D eigenvalue weighted by atomic mass is 10.2. The molecule has 0 saturated carbocycles. The molecule has 7 nitrogen and oxygen atoms in total. The number of nitrogens with zero attached hydrogens (tertiary/aromatic N) is 3. The Bertz CT molecular complexity index is 864. The molecule has 0 radical (unpaired) electrons. The van der Waals surface area contributed by atoms with Crippen LogP contribution < -0.4 is 5.73 Å². The lowest BCUT2D eigenvalue weighted by Crippen LogP contribution is -2.37. The summed E-state index contributed by atoms with van der Waals surface area (Å²) in [5.41, 5.74) is 5.44. The highest BCUT2D eigenvalue weighted by molar-refractivity contribution is 7.89. The van der Waals surface area contributed by atoms with Gasteiger partial charge in [-0.1, -0.05) is 12.1 Å². The number of nitrogens with two attached hydrogens (primary N) is 1. The molecule has 2 aromatic rings. The summed E-state index contributed by atoms with van der Waals surface area (Å²) in [5, 5.41) is 1.45. The first-order chi connectivity index (χ1) is 12.0. The second kappa shape index (κ2) is 7.47. The number of aromatic nitrogens is 1. The molecule has 2 N–H and O–H groups in total. The Kier molecular flexibility index (Phi) is 5.31. The summed E-state index contributed by atoms with van der Waals surface area (Å²) >= 11 is 0. The molecule has 0 spiro atoms. The van der Waals surface area contributed by atoms with E-state index in [1.54, 1.807) is 35.5 Å². The molecule has 2 heterocycles.